The Morgan fingerprint density at radius 2 is 2.27 bits per heavy atom. The van der Waals surface area contributed by atoms with Gasteiger partial charge in [0.2, 0.25) is 0 Å². The lowest BCUT2D eigenvalue weighted by molar-refractivity contribution is 0.253. The van der Waals surface area contributed by atoms with Crippen LogP contribution in [-0.2, 0) is 6.42 Å². The topological polar surface area (TPSA) is 25.2 Å². The van der Waals surface area contributed by atoms with Gasteiger partial charge < -0.3 is 9.73 Å². The van der Waals surface area contributed by atoms with Crippen LogP contribution in [0, 0.1) is 5.92 Å². The lowest BCUT2D eigenvalue weighted by Crippen LogP contribution is -2.39. The van der Waals surface area contributed by atoms with E-state index in [4.69, 9.17) is 4.42 Å². The quantitative estimate of drug-likeness (QED) is 0.821. The first kappa shape index (κ1) is 10.7. The lowest BCUT2D eigenvalue weighted by atomic mass is 9.82. The molecule has 2 atom stereocenters. The van der Waals surface area contributed by atoms with Gasteiger partial charge in [-0.15, -0.1) is 0 Å². The molecule has 84 valence electrons. The summed E-state index contributed by atoms with van der Waals surface area (Å²) < 4.78 is 5.43. The van der Waals surface area contributed by atoms with E-state index in [1.807, 2.05) is 6.07 Å². The summed E-state index contributed by atoms with van der Waals surface area (Å²) in [6.07, 6.45) is 8.32. The average Bonchev–Trinajstić information content (AvgIpc) is 2.74. The van der Waals surface area contributed by atoms with Crippen LogP contribution in [0.3, 0.4) is 0 Å². The van der Waals surface area contributed by atoms with E-state index in [1.54, 1.807) is 6.26 Å². The minimum Gasteiger partial charge on any atom is -0.469 e. The highest BCUT2D eigenvalue weighted by Gasteiger charge is 2.24. The minimum atomic E-state index is 0.703. The third-order valence-corrected chi connectivity index (χ3v) is 3.42. The van der Waals surface area contributed by atoms with Crippen molar-refractivity contribution in [2.24, 2.45) is 5.92 Å². The maximum Gasteiger partial charge on any atom is 0.104 e. The molecule has 1 aliphatic carbocycles. The average molecular weight is 207 g/mol. The summed E-state index contributed by atoms with van der Waals surface area (Å²) in [6.45, 7) is 3.28. The van der Waals surface area contributed by atoms with Gasteiger partial charge in [0.1, 0.15) is 5.76 Å². The zero-order chi connectivity index (χ0) is 10.5. The molecule has 2 nitrogen and oxygen atoms in total. The molecule has 0 spiro atoms. The smallest absolute Gasteiger partial charge is 0.104 e. The fraction of sp³-hybridized carbons (Fsp3) is 0.692. The zero-order valence-corrected chi connectivity index (χ0v) is 9.54. The van der Waals surface area contributed by atoms with Crippen LogP contribution < -0.4 is 5.32 Å². The van der Waals surface area contributed by atoms with E-state index in [0.29, 0.717) is 6.04 Å². The summed E-state index contributed by atoms with van der Waals surface area (Å²) in [4.78, 5) is 0. The van der Waals surface area contributed by atoms with Crippen LogP contribution in [0.25, 0.3) is 0 Å². The van der Waals surface area contributed by atoms with Crippen molar-refractivity contribution < 1.29 is 4.42 Å². The van der Waals surface area contributed by atoms with Crippen molar-refractivity contribution in [2.45, 2.75) is 45.1 Å². The van der Waals surface area contributed by atoms with Gasteiger partial charge in [0.25, 0.3) is 0 Å². The lowest BCUT2D eigenvalue weighted by Gasteiger charge is -2.31. The first-order valence-corrected chi connectivity index (χ1v) is 6.16. The van der Waals surface area contributed by atoms with Crippen LogP contribution in [0.15, 0.2) is 22.8 Å². The standard InChI is InChI=1S/C13H21NO/c1-2-14-13-8-4-3-6-11(13)10-12-7-5-9-15-12/h5,7,9,11,13-14H,2-4,6,8,10H2,1H3. The molecule has 1 saturated carbocycles. The Morgan fingerprint density at radius 3 is 3.00 bits per heavy atom. The monoisotopic (exact) mass is 207 g/mol. The Balaban J connectivity index is 1.92. The van der Waals surface area contributed by atoms with Crippen molar-refractivity contribution >= 4 is 0 Å². The van der Waals surface area contributed by atoms with Gasteiger partial charge in [-0.3, -0.25) is 0 Å². The Bertz CT molecular complexity index is 266. The maximum atomic E-state index is 5.43. The molecular formula is C13H21NO. The van der Waals surface area contributed by atoms with Crippen molar-refractivity contribution in [1.29, 1.82) is 0 Å². The molecule has 0 bridgehead atoms. The van der Waals surface area contributed by atoms with E-state index in [0.717, 1.165) is 24.6 Å². The second-order valence-corrected chi connectivity index (χ2v) is 4.49. The second-order valence-electron chi connectivity index (χ2n) is 4.49. The molecule has 1 heterocycles. The Morgan fingerprint density at radius 1 is 1.40 bits per heavy atom. The normalized spacial score (nSPS) is 26.7. The molecular weight excluding hydrogens is 186 g/mol. The summed E-state index contributed by atoms with van der Waals surface area (Å²) in [5.74, 6) is 1.91. The first-order chi connectivity index (χ1) is 7.40. The van der Waals surface area contributed by atoms with Crippen molar-refractivity contribution in [3.8, 4) is 0 Å². The largest absolute Gasteiger partial charge is 0.469 e. The SMILES string of the molecule is CCNC1CCCCC1Cc1ccco1. The van der Waals surface area contributed by atoms with E-state index in [9.17, 15) is 0 Å². The molecule has 0 aliphatic heterocycles. The molecule has 1 fully saturated rings. The number of furan rings is 1. The highest BCUT2D eigenvalue weighted by Crippen LogP contribution is 2.27. The van der Waals surface area contributed by atoms with Crippen molar-refractivity contribution in [2.75, 3.05) is 6.54 Å². The van der Waals surface area contributed by atoms with Gasteiger partial charge >= 0.3 is 0 Å². The molecule has 2 unspecified atom stereocenters. The van der Waals surface area contributed by atoms with Gasteiger partial charge in [0.15, 0.2) is 0 Å². The number of nitrogens with one attached hydrogen (secondary N) is 1. The first-order valence-electron chi connectivity index (χ1n) is 6.16. The van der Waals surface area contributed by atoms with Crippen LogP contribution in [0.4, 0.5) is 0 Å². The molecule has 1 N–H and O–H groups in total. The predicted molar refractivity (Wildman–Crippen MR) is 61.8 cm³/mol. The maximum absolute atomic E-state index is 5.43. The van der Waals surface area contributed by atoms with Crippen LogP contribution in [0.2, 0.25) is 0 Å². The van der Waals surface area contributed by atoms with E-state index in [-0.39, 0.29) is 0 Å². The van der Waals surface area contributed by atoms with Crippen molar-refractivity contribution in [3.63, 3.8) is 0 Å². The van der Waals surface area contributed by atoms with Gasteiger partial charge in [-0.1, -0.05) is 19.8 Å². The molecule has 0 amide bonds. The van der Waals surface area contributed by atoms with E-state index < -0.39 is 0 Å². The molecule has 0 saturated heterocycles. The number of hydrogen-bond donors (Lipinski definition) is 1. The summed E-state index contributed by atoms with van der Waals surface area (Å²) in [5, 5.41) is 3.61. The van der Waals surface area contributed by atoms with Gasteiger partial charge in [-0.2, -0.15) is 0 Å². The summed E-state index contributed by atoms with van der Waals surface area (Å²) in [5.41, 5.74) is 0. The predicted octanol–water partition coefficient (Wildman–Crippen LogP) is 2.99. The fourth-order valence-corrected chi connectivity index (χ4v) is 2.67. The van der Waals surface area contributed by atoms with E-state index >= 15 is 0 Å². The molecule has 2 rings (SSSR count). The summed E-state index contributed by atoms with van der Waals surface area (Å²) in [7, 11) is 0. The van der Waals surface area contributed by atoms with E-state index in [2.05, 4.69) is 18.3 Å². The molecule has 15 heavy (non-hydrogen) atoms. The Kier molecular flexibility index (Phi) is 3.84. The highest BCUT2D eigenvalue weighted by atomic mass is 16.3. The second kappa shape index (κ2) is 5.36. The zero-order valence-electron chi connectivity index (χ0n) is 9.54. The van der Waals surface area contributed by atoms with Gasteiger partial charge in [-0.05, 0) is 37.4 Å². The van der Waals surface area contributed by atoms with Crippen LogP contribution in [0.5, 0.6) is 0 Å². The van der Waals surface area contributed by atoms with Gasteiger partial charge in [-0.25, -0.2) is 0 Å². The van der Waals surface area contributed by atoms with Gasteiger partial charge in [0, 0.05) is 12.5 Å². The molecule has 1 aromatic rings. The van der Waals surface area contributed by atoms with Crippen molar-refractivity contribution in [3.05, 3.63) is 24.2 Å². The third-order valence-electron chi connectivity index (χ3n) is 3.42. The van der Waals surface area contributed by atoms with Gasteiger partial charge in [0.05, 0.1) is 6.26 Å². The van der Waals surface area contributed by atoms with E-state index in [1.165, 1.54) is 25.7 Å². The summed E-state index contributed by atoms with van der Waals surface area (Å²) >= 11 is 0. The minimum absolute atomic E-state index is 0.703. The van der Waals surface area contributed by atoms with Crippen molar-refractivity contribution in [1.82, 2.24) is 5.32 Å². The molecule has 1 aromatic heterocycles. The molecule has 0 aromatic carbocycles. The number of hydrogen-bond acceptors (Lipinski definition) is 2. The third kappa shape index (κ3) is 2.85. The summed E-state index contributed by atoms with van der Waals surface area (Å²) in [6, 6.07) is 4.78. The Hall–Kier alpha value is -0.760. The molecule has 1 aliphatic rings. The number of rotatable bonds is 4. The molecule has 2 heteroatoms. The fourth-order valence-electron chi connectivity index (χ4n) is 2.67. The molecule has 0 radical (unpaired) electrons. The Labute approximate surface area is 92.1 Å². The van der Waals surface area contributed by atoms with Crippen LogP contribution >= 0.6 is 0 Å². The van der Waals surface area contributed by atoms with Crippen LogP contribution in [0.1, 0.15) is 38.4 Å². The van der Waals surface area contributed by atoms with Crippen LogP contribution in [-0.4, -0.2) is 12.6 Å². The highest BCUT2D eigenvalue weighted by molar-refractivity contribution is 5.01.